The molecule has 0 amide bonds. The first kappa shape index (κ1) is 9.79. The van der Waals surface area contributed by atoms with E-state index in [-0.39, 0.29) is 0 Å². The summed E-state index contributed by atoms with van der Waals surface area (Å²) in [5, 5.41) is 8.93. The second-order valence-electron chi connectivity index (χ2n) is 4.47. The number of hydrogen-bond acceptors (Lipinski definition) is 1. The van der Waals surface area contributed by atoms with Crippen molar-refractivity contribution in [2.75, 3.05) is 6.61 Å². The Morgan fingerprint density at radius 1 is 1.42 bits per heavy atom. The van der Waals surface area contributed by atoms with E-state index >= 15 is 0 Å². The van der Waals surface area contributed by atoms with Crippen LogP contribution in [0.3, 0.4) is 0 Å². The van der Waals surface area contributed by atoms with Crippen LogP contribution in [0.4, 0.5) is 0 Å². The average Bonchev–Trinajstić information content (AvgIpc) is 1.97. The van der Waals surface area contributed by atoms with Gasteiger partial charge in [-0.05, 0) is 38.0 Å². The monoisotopic (exact) mass is 168 g/mol. The van der Waals surface area contributed by atoms with Gasteiger partial charge in [-0.2, -0.15) is 0 Å². The van der Waals surface area contributed by atoms with Crippen LogP contribution < -0.4 is 0 Å². The summed E-state index contributed by atoms with van der Waals surface area (Å²) in [6, 6.07) is 0. The van der Waals surface area contributed by atoms with E-state index in [9.17, 15) is 0 Å². The maximum Gasteiger partial charge on any atom is 0.0468 e. The van der Waals surface area contributed by atoms with E-state index in [4.69, 9.17) is 5.11 Å². The third kappa shape index (κ3) is 1.89. The molecule has 12 heavy (non-hydrogen) atoms. The summed E-state index contributed by atoms with van der Waals surface area (Å²) in [6.45, 7) is 7.10. The molecule has 1 N–H and O–H groups in total. The van der Waals surface area contributed by atoms with Gasteiger partial charge in [0.25, 0.3) is 0 Å². The second-order valence-corrected chi connectivity index (χ2v) is 4.47. The van der Waals surface area contributed by atoms with E-state index in [1.165, 1.54) is 30.4 Å². The smallest absolute Gasteiger partial charge is 0.0468 e. The first-order valence-electron chi connectivity index (χ1n) is 4.88. The van der Waals surface area contributed by atoms with Crippen molar-refractivity contribution in [3.8, 4) is 0 Å². The van der Waals surface area contributed by atoms with Crippen molar-refractivity contribution in [1.29, 1.82) is 0 Å². The van der Waals surface area contributed by atoms with Gasteiger partial charge in [-0.25, -0.2) is 0 Å². The van der Waals surface area contributed by atoms with E-state index < -0.39 is 0 Å². The first-order chi connectivity index (χ1) is 5.58. The van der Waals surface area contributed by atoms with E-state index in [2.05, 4.69) is 20.8 Å². The maximum absolute atomic E-state index is 8.93. The lowest BCUT2D eigenvalue weighted by Crippen LogP contribution is -2.21. The van der Waals surface area contributed by atoms with E-state index in [1.54, 1.807) is 0 Å². The number of allylic oxidation sites excluding steroid dienone is 1. The highest BCUT2D eigenvalue weighted by atomic mass is 16.2. The predicted molar refractivity (Wildman–Crippen MR) is 52.0 cm³/mol. The van der Waals surface area contributed by atoms with Crippen LogP contribution in [-0.2, 0) is 0 Å². The van der Waals surface area contributed by atoms with Crippen molar-refractivity contribution in [2.24, 2.45) is 5.41 Å². The lowest BCUT2D eigenvalue weighted by Gasteiger charge is -2.34. The van der Waals surface area contributed by atoms with Gasteiger partial charge >= 0.3 is 0 Å². The van der Waals surface area contributed by atoms with Crippen molar-refractivity contribution in [3.05, 3.63) is 11.1 Å². The van der Waals surface area contributed by atoms with Crippen LogP contribution in [0.15, 0.2) is 11.1 Å². The number of aliphatic hydroxyl groups excluding tert-OH is 1. The standard InChI is InChI=1S/C11H20O/c1-9-5-4-7-11(2,3)10(9)6-8-12/h12H,4-8H2,1-3H3. The third-order valence-electron chi connectivity index (χ3n) is 3.05. The Kier molecular flexibility index (Phi) is 2.94. The second kappa shape index (κ2) is 3.61. The Morgan fingerprint density at radius 2 is 2.08 bits per heavy atom. The predicted octanol–water partition coefficient (Wildman–Crippen LogP) is 2.90. The minimum absolute atomic E-state index is 0.302. The van der Waals surface area contributed by atoms with Crippen LogP contribution in [-0.4, -0.2) is 11.7 Å². The molecule has 0 aromatic rings. The van der Waals surface area contributed by atoms with Gasteiger partial charge in [0.15, 0.2) is 0 Å². The molecule has 0 spiro atoms. The molecule has 0 aromatic heterocycles. The van der Waals surface area contributed by atoms with Gasteiger partial charge in [-0.1, -0.05) is 25.0 Å². The van der Waals surface area contributed by atoms with E-state index in [0.29, 0.717) is 12.0 Å². The molecule has 1 aliphatic carbocycles. The highest BCUT2D eigenvalue weighted by Crippen LogP contribution is 2.41. The first-order valence-corrected chi connectivity index (χ1v) is 4.88. The van der Waals surface area contributed by atoms with Crippen molar-refractivity contribution in [3.63, 3.8) is 0 Å². The molecular weight excluding hydrogens is 148 g/mol. The lowest BCUT2D eigenvalue weighted by molar-refractivity contribution is 0.272. The molecule has 0 saturated carbocycles. The van der Waals surface area contributed by atoms with Crippen molar-refractivity contribution < 1.29 is 5.11 Å². The fraction of sp³-hybridized carbons (Fsp3) is 0.818. The fourth-order valence-corrected chi connectivity index (χ4v) is 2.34. The average molecular weight is 168 g/mol. The fourth-order valence-electron chi connectivity index (χ4n) is 2.34. The maximum atomic E-state index is 8.93. The minimum atomic E-state index is 0.302. The summed E-state index contributed by atoms with van der Waals surface area (Å²) in [4.78, 5) is 0. The molecular formula is C11H20O. The molecule has 0 aromatic carbocycles. The molecule has 0 saturated heterocycles. The summed E-state index contributed by atoms with van der Waals surface area (Å²) < 4.78 is 0. The van der Waals surface area contributed by atoms with Crippen LogP contribution in [0.1, 0.15) is 46.5 Å². The van der Waals surface area contributed by atoms with Gasteiger partial charge in [0.1, 0.15) is 0 Å². The zero-order valence-electron chi connectivity index (χ0n) is 8.48. The Hall–Kier alpha value is -0.300. The molecule has 0 atom stereocenters. The Bertz CT molecular complexity index is 189. The minimum Gasteiger partial charge on any atom is -0.396 e. The van der Waals surface area contributed by atoms with Crippen LogP contribution in [0, 0.1) is 5.41 Å². The molecule has 0 fully saturated rings. The zero-order valence-corrected chi connectivity index (χ0v) is 8.48. The summed E-state index contributed by atoms with van der Waals surface area (Å²) in [7, 11) is 0. The Balaban J connectivity index is 2.84. The quantitative estimate of drug-likeness (QED) is 0.629. The van der Waals surface area contributed by atoms with Crippen molar-refractivity contribution in [2.45, 2.75) is 46.5 Å². The van der Waals surface area contributed by atoms with E-state index in [0.717, 1.165) is 6.42 Å². The SMILES string of the molecule is CC1=C(CCO)C(C)(C)CCC1. The molecule has 0 heterocycles. The number of rotatable bonds is 2. The van der Waals surface area contributed by atoms with Gasteiger partial charge in [-0.3, -0.25) is 0 Å². The van der Waals surface area contributed by atoms with Crippen molar-refractivity contribution in [1.82, 2.24) is 0 Å². The number of aliphatic hydroxyl groups is 1. The molecule has 1 rings (SSSR count). The zero-order chi connectivity index (χ0) is 9.19. The molecule has 1 aliphatic rings. The van der Waals surface area contributed by atoms with Crippen LogP contribution in [0.25, 0.3) is 0 Å². The summed E-state index contributed by atoms with van der Waals surface area (Å²) in [5.74, 6) is 0. The van der Waals surface area contributed by atoms with Gasteiger partial charge in [0, 0.05) is 6.61 Å². The Labute approximate surface area is 75.5 Å². The van der Waals surface area contributed by atoms with Gasteiger partial charge in [-0.15, -0.1) is 0 Å². The topological polar surface area (TPSA) is 20.2 Å². The number of hydrogen-bond donors (Lipinski definition) is 1. The highest BCUT2D eigenvalue weighted by molar-refractivity contribution is 5.22. The normalized spacial score (nSPS) is 23.0. The van der Waals surface area contributed by atoms with Crippen LogP contribution in [0.2, 0.25) is 0 Å². The molecule has 0 unspecified atom stereocenters. The van der Waals surface area contributed by atoms with Gasteiger partial charge in [0.05, 0.1) is 0 Å². The largest absolute Gasteiger partial charge is 0.396 e. The van der Waals surface area contributed by atoms with Crippen LogP contribution in [0.5, 0.6) is 0 Å². The molecule has 1 heteroatoms. The van der Waals surface area contributed by atoms with E-state index in [1.807, 2.05) is 0 Å². The lowest BCUT2D eigenvalue weighted by atomic mass is 9.72. The summed E-state index contributed by atoms with van der Waals surface area (Å²) in [6.07, 6.45) is 4.70. The van der Waals surface area contributed by atoms with Gasteiger partial charge in [0.2, 0.25) is 0 Å². The van der Waals surface area contributed by atoms with Gasteiger partial charge < -0.3 is 5.11 Å². The molecule has 1 nitrogen and oxygen atoms in total. The summed E-state index contributed by atoms with van der Waals surface area (Å²) in [5.41, 5.74) is 3.35. The molecule has 70 valence electrons. The Morgan fingerprint density at radius 3 is 2.58 bits per heavy atom. The molecule has 0 radical (unpaired) electrons. The van der Waals surface area contributed by atoms with Crippen molar-refractivity contribution >= 4 is 0 Å². The van der Waals surface area contributed by atoms with Crippen LogP contribution >= 0.6 is 0 Å². The molecule has 0 aliphatic heterocycles. The molecule has 0 bridgehead atoms. The third-order valence-corrected chi connectivity index (χ3v) is 3.05. The summed E-state index contributed by atoms with van der Waals surface area (Å²) >= 11 is 0. The highest BCUT2D eigenvalue weighted by Gasteiger charge is 2.27.